The van der Waals surface area contributed by atoms with Gasteiger partial charge < -0.3 is 4.57 Å². The lowest BCUT2D eigenvalue weighted by Gasteiger charge is -2.09. The van der Waals surface area contributed by atoms with Crippen LogP contribution in [0.1, 0.15) is 11.1 Å². The number of imidazole rings is 1. The molecule has 0 amide bonds. The summed E-state index contributed by atoms with van der Waals surface area (Å²) >= 11 is 7.63. The van der Waals surface area contributed by atoms with Crippen molar-refractivity contribution < 1.29 is 4.39 Å². The average molecular weight is 384 g/mol. The van der Waals surface area contributed by atoms with Crippen molar-refractivity contribution in [1.29, 1.82) is 0 Å². The number of fused-ring (bicyclic) bond motifs is 1. The molecule has 0 aliphatic heterocycles. The number of hydrogen-bond acceptors (Lipinski definition) is 3. The minimum atomic E-state index is -0.195. The van der Waals surface area contributed by atoms with Gasteiger partial charge in [0.25, 0.3) is 0 Å². The van der Waals surface area contributed by atoms with Crippen molar-refractivity contribution in [3.8, 4) is 0 Å². The number of benzene rings is 2. The van der Waals surface area contributed by atoms with Gasteiger partial charge in [0.15, 0.2) is 5.16 Å². The molecule has 4 aromatic rings. The lowest BCUT2D eigenvalue weighted by Crippen LogP contribution is -2.02. The van der Waals surface area contributed by atoms with E-state index < -0.39 is 0 Å². The van der Waals surface area contributed by atoms with E-state index in [1.165, 1.54) is 17.8 Å². The average Bonchev–Trinajstić information content (AvgIpc) is 2.99. The molecule has 6 heteroatoms. The fraction of sp³-hybridized carbons (Fsp3) is 0.100. The molecule has 130 valence electrons. The van der Waals surface area contributed by atoms with Crippen LogP contribution in [-0.4, -0.2) is 14.5 Å². The molecule has 0 fully saturated rings. The molecular formula is C20H15ClFN3S. The zero-order valence-electron chi connectivity index (χ0n) is 13.8. The third-order valence-corrected chi connectivity index (χ3v) is 5.32. The first kappa shape index (κ1) is 17.1. The van der Waals surface area contributed by atoms with E-state index in [0.29, 0.717) is 22.9 Å². The van der Waals surface area contributed by atoms with Crippen molar-refractivity contribution in [3.63, 3.8) is 0 Å². The van der Waals surface area contributed by atoms with E-state index in [9.17, 15) is 4.39 Å². The molecular weight excluding hydrogens is 369 g/mol. The molecule has 0 saturated heterocycles. The van der Waals surface area contributed by atoms with E-state index in [2.05, 4.69) is 9.55 Å². The molecule has 0 radical (unpaired) electrons. The lowest BCUT2D eigenvalue weighted by molar-refractivity contribution is 0.617. The van der Waals surface area contributed by atoms with E-state index in [1.54, 1.807) is 24.5 Å². The minimum Gasteiger partial charge on any atom is -0.313 e. The number of aromatic nitrogens is 3. The normalized spacial score (nSPS) is 11.2. The van der Waals surface area contributed by atoms with Crippen LogP contribution in [0.2, 0.25) is 5.02 Å². The van der Waals surface area contributed by atoms with Crippen LogP contribution < -0.4 is 0 Å². The van der Waals surface area contributed by atoms with Crippen molar-refractivity contribution in [2.75, 3.05) is 0 Å². The smallest absolute Gasteiger partial charge is 0.169 e. The second-order valence-electron chi connectivity index (χ2n) is 5.85. The van der Waals surface area contributed by atoms with E-state index in [1.807, 2.05) is 36.4 Å². The summed E-state index contributed by atoms with van der Waals surface area (Å²) in [6.45, 7) is 0.627. The van der Waals surface area contributed by atoms with Crippen molar-refractivity contribution in [3.05, 3.63) is 89.0 Å². The quantitative estimate of drug-likeness (QED) is 0.422. The van der Waals surface area contributed by atoms with Gasteiger partial charge in [-0.05, 0) is 35.4 Å². The molecule has 0 aliphatic carbocycles. The van der Waals surface area contributed by atoms with E-state index in [4.69, 9.17) is 16.6 Å². The van der Waals surface area contributed by atoms with Gasteiger partial charge in [0.1, 0.15) is 5.82 Å². The summed E-state index contributed by atoms with van der Waals surface area (Å²) in [4.78, 5) is 8.93. The fourth-order valence-electron chi connectivity index (χ4n) is 2.79. The third kappa shape index (κ3) is 3.59. The van der Waals surface area contributed by atoms with Crippen LogP contribution in [0.4, 0.5) is 4.39 Å². The zero-order chi connectivity index (χ0) is 17.9. The van der Waals surface area contributed by atoms with Gasteiger partial charge in [-0.2, -0.15) is 0 Å². The van der Waals surface area contributed by atoms with E-state index in [0.717, 1.165) is 21.8 Å². The molecule has 2 aromatic carbocycles. The Labute approximate surface area is 159 Å². The molecule has 4 rings (SSSR count). The summed E-state index contributed by atoms with van der Waals surface area (Å²) in [5.74, 6) is 0.318. The first-order valence-corrected chi connectivity index (χ1v) is 9.48. The van der Waals surface area contributed by atoms with Crippen molar-refractivity contribution in [2.24, 2.45) is 0 Å². The van der Waals surface area contributed by atoms with Crippen molar-refractivity contribution in [2.45, 2.75) is 17.5 Å². The Hall–Kier alpha value is -2.37. The van der Waals surface area contributed by atoms with Crippen LogP contribution in [0.5, 0.6) is 0 Å². The van der Waals surface area contributed by atoms with Crippen molar-refractivity contribution in [1.82, 2.24) is 14.5 Å². The maximum absolute atomic E-state index is 13.9. The van der Waals surface area contributed by atoms with Gasteiger partial charge in [0, 0.05) is 17.0 Å². The maximum Gasteiger partial charge on any atom is 0.169 e. The summed E-state index contributed by atoms with van der Waals surface area (Å²) in [5, 5.41) is 1.53. The summed E-state index contributed by atoms with van der Waals surface area (Å²) < 4.78 is 16.0. The van der Waals surface area contributed by atoms with Gasteiger partial charge in [-0.25, -0.2) is 9.37 Å². The number of nitrogens with zero attached hydrogens (tertiary/aromatic N) is 3. The second kappa shape index (κ2) is 7.48. The molecule has 0 aliphatic rings. The Morgan fingerprint density at radius 2 is 1.96 bits per heavy atom. The topological polar surface area (TPSA) is 30.7 Å². The highest BCUT2D eigenvalue weighted by atomic mass is 35.5. The summed E-state index contributed by atoms with van der Waals surface area (Å²) in [7, 11) is 0. The first-order valence-electron chi connectivity index (χ1n) is 8.11. The molecule has 0 spiro atoms. The van der Waals surface area contributed by atoms with Crippen LogP contribution in [0.15, 0.2) is 72.1 Å². The number of halogens is 2. The van der Waals surface area contributed by atoms with Crippen LogP contribution in [0, 0.1) is 5.82 Å². The SMILES string of the molecule is Fc1ccccc1CSc1nc2ccncc2n1Cc1cccc(Cl)c1. The predicted octanol–water partition coefficient (Wildman–Crippen LogP) is 5.56. The van der Waals surface area contributed by atoms with Crippen LogP contribution in [-0.2, 0) is 12.3 Å². The molecule has 26 heavy (non-hydrogen) atoms. The van der Waals surface area contributed by atoms with E-state index in [-0.39, 0.29) is 5.82 Å². The Morgan fingerprint density at radius 1 is 1.08 bits per heavy atom. The summed E-state index contributed by atoms with van der Waals surface area (Å²) in [6, 6.07) is 16.5. The number of thioether (sulfide) groups is 1. The molecule has 0 bridgehead atoms. The Kier molecular flexibility index (Phi) is 4.91. The molecule has 2 heterocycles. The number of rotatable bonds is 5. The predicted molar refractivity (Wildman–Crippen MR) is 104 cm³/mol. The van der Waals surface area contributed by atoms with Crippen LogP contribution >= 0.6 is 23.4 Å². The lowest BCUT2D eigenvalue weighted by atomic mass is 10.2. The van der Waals surface area contributed by atoms with Gasteiger partial charge >= 0.3 is 0 Å². The van der Waals surface area contributed by atoms with E-state index >= 15 is 0 Å². The molecule has 0 atom stereocenters. The molecule has 0 N–H and O–H groups in total. The highest BCUT2D eigenvalue weighted by Crippen LogP contribution is 2.28. The van der Waals surface area contributed by atoms with Gasteiger partial charge in [-0.15, -0.1) is 0 Å². The first-order chi connectivity index (χ1) is 12.7. The minimum absolute atomic E-state index is 0.195. The van der Waals surface area contributed by atoms with Crippen LogP contribution in [0.25, 0.3) is 11.0 Å². The molecule has 2 aromatic heterocycles. The fourth-order valence-corrected chi connectivity index (χ4v) is 4.00. The highest BCUT2D eigenvalue weighted by Gasteiger charge is 2.13. The largest absolute Gasteiger partial charge is 0.313 e. The van der Waals surface area contributed by atoms with Crippen LogP contribution in [0.3, 0.4) is 0 Å². The molecule has 3 nitrogen and oxygen atoms in total. The Balaban J connectivity index is 1.68. The maximum atomic E-state index is 13.9. The second-order valence-corrected chi connectivity index (χ2v) is 7.23. The van der Waals surface area contributed by atoms with Crippen molar-refractivity contribution >= 4 is 34.4 Å². The molecule has 0 unspecified atom stereocenters. The molecule has 0 saturated carbocycles. The van der Waals surface area contributed by atoms with Gasteiger partial charge in [0.05, 0.1) is 23.8 Å². The zero-order valence-corrected chi connectivity index (χ0v) is 15.3. The third-order valence-electron chi connectivity index (χ3n) is 4.06. The highest BCUT2D eigenvalue weighted by molar-refractivity contribution is 7.98. The Morgan fingerprint density at radius 3 is 2.81 bits per heavy atom. The summed E-state index contributed by atoms with van der Waals surface area (Å²) in [6.07, 6.45) is 3.53. The standard InChI is InChI=1S/C20H15ClFN3S/c21-16-6-3-4-14(10-16)12-25-19-11-23-9-8-18(19)24-20(25)26-13-15-5-1-2-7-17(15)22/h1-11H,12-13H2. The van der Waals surface area contributed by atoms with Gasteiger partial charge in [0.2, 0.25) is 0 Å². The Bertz CT molecular complexity index is 1060. The monoisotopic (exact) mass is 383 g/mol. The number of pyridine rings is 1. The summed E-state index contributed by atoms with van der Waals surface area (Å²) in [5.41, 5.74) is 3.56. The van der Waals surface area contributed by atoms with Gasteiger partial charge in [-0.1, -0.05) is 53.7 Å². The van der Waals surface area contributed by atoms with Gasteiger partial charge in [-0.3, -0.25) is 4.98 Å². The number of hydrogen-bond donors (Lipinski definition) is 0.